The molecule has 3 rings (SSSR count). The zero-order chi connectivity index (χ0) is 21.5. The Morgan fingerprint density at radius 2 is 1.90 bits per heavy atom. The number of likely N-dealkylation sites (tertiary alicyclic amines) is 1. The molecule has 1 atom stereocenters. The lowest BCUT2D eigenvalue weighted by Gasteiger charge is -2.36. The van der Waals surface area contributed by atoms with E-state index in [1.54, 1.807) is 26.4 Å². The Kier molecular flexibility index (Phi) is 8.16. The van der Waals surface area contributed by atoms with Gasteiger partial charge in [0.15, 0.2) is 17.3 Å². The van der Waals surface area contributed by atoms with Gasteiger partial charge in [-0.3, -0.25) is 9.59 Å². The first-order chi connectivity index (χ1) is 14.5. The first-order valence-electron chi connectivity index (χ1n) is 10.3. The van der Waals surface area contributed by atoms with Crippen molar-refractivity contribution in [3.05, 3.63) is 45.1 Å². The maximum atomic E-state index is 12.9. The molecule has 7 heteroatoms. The summed E-state index contributed by atoms with van der Waals surface area (Å²) in [6.07, 6.45) is 5.40. The number of thiophene rings is 1. The van der Waals surface area contributed by atoms with Crippen molar-refractivity contribution in [2.45, 2.75) is 51.0 Å². The number of benzene rings is 1. The Morgan fingerprint density at radius 3 is 2.60 bits per heavy atom. The lowest BCUT2D eigenvalue weighted by molar-refractivity contribution is -0.135. The number of amides is 1. The SMILES string of the molecule is COc1ccc(CCC2CCCCN2C(=O)CCC(=O)c2ccc(Cl)s2)cc1OC. The molecule has 1 saturated heterocycles. The number of aryl methyl sites for hydroxylation is 1. The molecule has 0 spiro atoms. The summed E-state index contributed by atoms with van der Waals surface area (Å²) in [6.45, 7) is 0.772. The van der Waals surface area contributed by atoms with Crippen LogP contribution >= 0.6 is 22.9 Å². The maximum Gasteiger partial charge on any atom is 0.223 e. The number of hydrogen-bond acceptors (Lipinski definition) is 5. The van der Waals surface area contributed by atoms with Crippen LogP contribution in [-0.4, -0.2) is 43.4 Å². The molecular weight excluding hydrogens is 422 g/mol. The largest absolute Gasteiger partial charge is 0.493 e. The fourth-order valence-corrected chi connectivity index (χ4v) is 4.96. The second-order valence-electron chi connectivity index (χ2n) is 7.49. The van der Waals surface area contributed by atoms with Gasteiger partial charge in [0.2, 0.25) is 5.91 Å². The highest BCUT2D eigenvalue weighted by Gasteiger charge is 2.27. The van der Waals surface area contributed by atoms with Gasteiger partial charge in [-0.15, -0.1) is 11.3 Å². The number of piperidine rings is 1. The first kappa shape index (κ1) is 22.6. The number of Topliss-reactive ketones (excluding diaryl/α,β-unsaturated/α-hetero) is 1. The number of carbonyl (C=O) groups is 2. The van der Waals surface area contributed by atoms with Crippen molar-refractivity contribution < 1.29 is 19.1 Å². The van der Waals surface area contributed by atoms with Crippen molar-refractivity contribution >= 4 is 34.6 Å². The van der Waals surface area contributed by atoms with Gasteiger partial charge < -0.3 is 14.4 Å². The standard InChI is InChI=1S/C23H28ClNO4S/c1-28-19-10-7-16(15-20(19)29-2)6-8-17-5-3-4-14-25(17)23(27)13-9-18(26)21-11-12-22(24)30-21/h7,10-12,15,17H,3-6,8-9,13-14H2,1-2H3. The van der Waals surface area contributed by atoms with Crippen molar-refractivity contribution in [3.8, 4) is 11.5 Å². The minimum Gasteiger partial charge on any atom is -0.493 e. The highest BCUT2D eigenvalue weighted by atomic mass is 35.5. The van der Waals surface area contributed by atoms with Crippen LogP contribution in [-0.2, 0) is 11.2 Å². The van der Waals surface area contributed by atoms with E-state index in [0.717, 1.165) is 50.0 Å². The van der Waals surface area contributed by atoms with Gasteiger partial charge in [-0.1, -0.05) is 17.7 Å². The molecule has 0 N–H and O–H groups in total. The van der Waals surface area contributed by atoms with Crippen molar-refractivity contribution in [2.75, 3.05) is 20.8 Å². The number of ether oxygens (including phenoxy) is 2. The van der Waals surface area contributed by atoms with Crippen LogP contribution in [0.5, 0.6) is 11.5 Å². The van der Waals surface area contributed by atoms with Gasteiger partial charge in [-0.2, -0.15) is 0 Å². The van der Waals surface area contributed by atoms with Gasteiger partial charge in [-0.25, -0.2) is 0 Å². The zero-order valence-corrected chi connectivity index (χ0v) is 19.1. The smallest absolute Gasteiger partial charge is 0.223 e. The van der Waals surface area contributed by atoms with Gasteiger partial charge in [0.05, 0.1) is 23.4 Å². The highest BCUT2D eigenvalue weighted by Crippen LogP contribution is 2.29. The summed E-state index contributed by atoms with van der Waals surface area (Å²) in [4.78, 5) is 27.8. The molecule has 2 heterocycles. The number of rotatable bonds is 9. The molecule has 1 unspecified atom stereocenters. The molecule has 30 heavy (non-hydrogen) atoms. The van der Waals surface area contributed by atoms with Gasteiger partial charge in [0, 0.05) is 25.4 Å². The first-order valence-corrected chi connectivity index (χ1v) is 11.5. The number of nitrogens with zero attached hydrogens (tertiary/aromatic N) is 1. The molecule has 0 aliphatic carbocycles. The molecule has 0 radical (unpaired) electrons. The van der Waals surface area contributed by atoms with E-state index in [4.69, 9.17) is 21.1 Å². The monoisotopic (exact) mass is 449 g/mol. The van der Waals surface area contributed by atoms with Crippen molar-refractivity contribution in [1.82, 2.24) is 4.90 Å². The van der Waals surface area contributed by atoms with E-state index in [0.29, 0.717) is 15.0 Å². The number of methoxy groups -OCH3 is 2. The topological polar surface area (TPSA) is 55.8 Å². The van der Waals surface area contributed by atoms with Crippen LogP contribution in [0.4, 0.5) is 0 Å². The van der Waals surface area contributed by atoms with E-state index in [-0.39, 0.29) is 30.6 Å². The average Bonchev–Trinajstić information content (AvgIpc) is 3.22. The van der Waals surface area contributed by atoms with Crippen LogP contribution in [0.2, 0.25) is 4.34 Å². The summed E-state index contributed by atoms with van der Waals surface area (Å²) in [6, 6.07) is 9.62. The molecule has 1 aliphatic rings. The predicted molar refractivity (Wildman–Crippen MR) is 120 cm³/mol. The Morgan fingerprint density at radius 1 is 1.10 bits per heavy atom. The molecule has 2 aromatic rings. The Balaban J connectivity index is 1.56. The van der Waals surface area contributed by atoms with Crippen molar-refractivity contribution in [2.24, 2.45) is 0 Å². The number of carbonyl (C=O) groups excluding carboxylic acids is 2. The van der Waals surface area contributed by atoms with E-state index in [1.807, 2.05) is 23.1 Å². The molecular formula is C23H28ClNO4S. The van der Waals surface area contributed by atoms with E-state index in [2.05, 4.69) is 0 Å². The van der Waals surface area contributed by atoms with Crippen LogP contribution in [0.3, 0.4) is 0 Å². The molecule has 5 nitrogen and oxygen atoms in total. The quantitative estimate of drug-likeness (QED) is 0.481. The third-order valence-corrected chi connectivity index (χ3v) is 6.85. The molecule has 0 saturated carbocycles. The van der Waals surface area contributed by atoms with Gasteiger partial charge in [0.25, 0.3) is 0 Å². The molecule has 1 aliphatic heterocycles. The van der Waals surface area contributed by atoms with Crippen LogP contribution in [0.25, 0.3) is 0 Å². The molecule has 0 bridgehead atoms. The van der Waals surface area contributed by atoms with Crippen LogP contribution in [0.1, 0.15) is 53.8 Å². The van der Waals surface area contributed by atoms with Gasteiger partial charge >= 0.3 is 0 Å². The highest BCUT2D eigenvalue weighted by molar-refractivity contribution is 7.18. The second kappa shape index (κ2) is 10.8. The fourth-order valence-electron chi connectivity index (χ4n) is 3.95. The summed E-state index contributed by atoms with van der Waals surface area (Å²) < 4.78 is 11.3. The zero-order valence-electron chi connectivity index (χ0n) is 17.5. The third kappa shape index (κ3) is 5.76. The molecule has 1 aromatic carbocycles. The molecule has 162 valence electrons. The van der Waals surface area contributed by atoms with Crippen LogP contribution in [0, 0.1) is 0 Å². The van der Waals surface area contributed by atoms with E-state index >= 15 is 0 Å². The number of ketones is 1. The van der Waals surface area contributed by atoms with E-state index in [1.165, 1.54) is 11.3 Å². The fraction of sp³-hybridized carbons (Fsp3) is 0.478. The Bertz CT molecular complexity index is 882. The second-order valence-corrected chi connectivity index (χ2v) is 9.21. The third-order valence-electron chi connectivity index (χ3n) is 5.58. The molecule has 1 fully saturated rings. The Hall–Kier alpha value is -2.05. The van der Waals surface area contributed by atoms with Crippen LogP contribution in [0.15, 0.2) is 30.3 Å². The van der Waals surface area contributed by atoms with Gasteiger partial charge in [0.1, 0.15) is 0 Å². The average molecular weight is 450 g/mol. The normalized spacial score (nSPS) is 16.4. The number of hydrogen-bond donors (Lipinski definition) is 0. The molecule has 1 aromatic heterocycles. The molecule has 1 amide bonds. The minimum absolute atomic E-state index is 0.0147. The summed E-state index contributed by atoms with van der Waals surface area (Å²) in [5.74, 6) is 1.49. The number of halogens is 1. The minimum atomic E-state index is -0.0147. The lowest BCUT2D eigenvalue weighted by Crippen LogP contribution is -2.44. The van der Waals surface area contributed by atoms with Crippen molar-refractivity contribution in [1.29, 1.82) is 0 Å². The Labute approximate surface area is 186 Å². The van der Waals surface area contributed by atoms with E-state index < -0.39 is 0 Å². The van der Waals surface area contributed by atoms with Crippen LogP contribution < -0.4 is 9.47 Å². The van der Waals surface area contributed by atoms with E-state index in [9.17, 15) is 9.59 Å². The predicted octanol–water partition coefficient (Wildman–Crippen LogP) is 5.40. The van der Waals surface area contributed by atoms with Crippen molar-refractivity contribution in [3.63, 3.8) is 0 Å². The maximum absolute atomic E-state index is 12.9. The summed E-state index contributed by atoms with van der Waals surface area (Å²) >= 11 is 7.17. The lowest BCUT2D eigenvalue weighted by atomic mass is 9.95. The summed E-state index contributed by atoms with van der Waals surface area (Å²) in [5.41, 5.74) is 1.16. The summed E-state index contributed by atoms with van der Waals surface area (Å²) in [5, 5.41) is 0. The van der Waals surface area contributed by atoms with Gasteiger partial charge in [-0.05, 0) is 61.9 Å². The summed E-state index contributed by atoms with van der Waals surface area (Å²) in [7, 11) is 3.26.